The molecule has 0 unspecified atom stereocenters. The third-order valence-corrected chi connectivity index (χ3v) is 3.39. The first kappa shape index (κ1) is 13.2. The fourth-order valence-electron chi connectivity index (χ4n) is 2.25. The van der Waals surface area contributed by atoms with Crippen molar-refractivity contribution in [3.63, 3.8) is 0 Å². The van der Waals surface area contributed by atoms with Crippen molar-refractivity contribution in [2.75, 3.05) is 12.8 Å². The zero-order valence-electron chi connectivity index (χ0n) is 11.6. The number of hydrogen-bond donors (Lipinski definition) is 1. The van der Waals surface area contributed by atoms with Gasteiger partial charge in [-0.1, -0.05) is 24.3 Å². The Bertz CT molecular complexity index is 838. The molecule has 1 aromatic heterocycles. The summed E-state index contributed by atoms with van der Waals surface area (Å²) in [6, 6.07) is 14.7. The third-order valence-electron chi connectivity index (χ3n) is 3.39. The first-order chi connectivity index (χ1) is 10.2. The highest BCUT2D eigenvalue weighted by molar-refractivity contribution is 5.78. The smallest absolute Gasteiger partial charge is 0.263 e. The van der Waals surface area contributed by atoms with Crippen LogP contribution in [0.2, 0.25) is 0 Å². The quantitative estimate of drug-likeness (QED) is 0.797. The molecule has 106 valence electrons. The number of hydrogen-bond acceptors (Lipinski definition) is 4. The molecule has 5 nitrogen and oxygen atoms in total. The van der Waals surface area contributed by atoms with Crippen molar-refractivity contribution in [2.45, 2.75) is 6.54 Å². The number of aromatic nitrogens is 2. The van der Waals surface area contributed by atoms with Gasteiger partial charge in [-0.05, 0) is 29.8 Å². The molecule has 0 fully saturated rings. The summed E-state index contributed by atoms with van der Waals surface area (Å²) in [4.78, 5) is 16.8. The Balaban J connectivity index is 2.05. The van der Waals surface area contributed by atoms with Gasteiger partial charge in [0.1, 0.15) is 5.75 Å². The summed E-state index contributed by atoms with van der Waals surface area (Å²) in [5.74, 6) is 0.991. The monoisotopic (exact) mass is 281 g/mol. The van der Waals surface area contributed by atoms with E-state index in [9.17, 15) is 4.79 Å². The standard InChI is InChI=1S/C16H15N3O2/c1-21-12-8-6-11(7-9-12)10-19-15(20)13-4-2-3-5-14(13)18-16(19)17/h2-9H,10H2,1H3,(H2,17,18). The Morgan fingerprint density at radius 1 is 1.14 bits per heavy atom. The molecule has 0 aliphatic heterocycles. The number of rotatable bonds is 3. The molecule has 3 aromatic rings. The summed E-state index contributed by atoms with van der Waals surface area (Å²) >= 11 is 0. The van der Waals surface area contributed by atoms with Gasteiger partial charge in [0.05, 0.1) is 24.6 Å². The molecule has 5 heteroatoms. The SMILES string of the molecule is COc1ccc(Cn2c(N)nc3ccccc3c2=O)cc1. The van der Waals surface area contributed by atoms with Crippen LogP contribution in [0.5, 0.6) is 5.75 Å². The molecule has 0 saturated heterocycles. The number of benzene rings is 2. The average molecular weight is 281 g/mol. The van der Waals surface area contributed by atoms with E-state index in [1.165, 1.54) is 4.57 Å². The van der Waals surface area contributed by atoms with E-state index >= 15 is 0 Å². The summed E-state index contributed by atoms with van der Waals surface area (Å²) in [5.41, 5.74) is 7.36. The summed E-state index contributed by atoms with van der Waals surface area (Å²) in [6.45, 7) is 0.381. The van der Waals surface area contributed by atoms with Crippen molar-refractivity contribution >= 4 is 16.9 Å². The molecule has 2 aromatic carbocycles. The first-order valence-corrected chi connectivity index (χ1v) is 6.57. The van der Waals surface area contributed by atoms with Crippen molar-refractivity contribution in [3.8, 4) is 5.75 Å². The lowest BCUT2D eigenvalue weighted by molar-refractivity contribution is 0.414. The van der Waals surface area contributed by atoms with E-state index in [0.29, 0.717) is 17.4 Å². The number of nitrogens with zero attached hydrogens (tertiary/aromatic N) is 2. The second-order valence-electron chi connectivity index (χ2n) is 4.73. The highest BCUT2D eigenvalue weighted by atomic mass is 16.5. The summed E-state index contributed by atoms with van der Waals surface area (Å²) in [6.07, 6.45) is 0. The van der Waals surface area contributed by atoms with Crippen LogP contribution in [-0.2, 0) is 6.54 Å². The van der Waals surface area contributed by atoms with Crippen molar-refractivity contribution < 1.29 is 4.74 Å². The van der Waals surface area contributed by atoms with Gasteiger partial charge in [0.2, 0.25) is 5.95 Å². The zero-order valence-corrected chi connectivity index (χ0v) is 11.6. The Kier molecular flexibility index (Phi) is 3.31. The lowest BCUT2D eigenvalue weighted by Gasteiger charge is -2.10. The number of methoxy groups -OCH3 is 1. The van der Waals surface area contributed by atoms with Crippen LogP contribution in [0.25, 0.3) is 10.9 Å². The Hall–Kier alpha value is -2.82. The number of nitrogen functional groups attached to an aromatic ring is 1. The highest BCUT2D eigenvalue weighted by Gasteiger charge is 2.08. The average Bonchev–Trinajstić information content (AvgIpc) is 2.52. The van der Waals surface area contributed by atoms with Crippen LogP contribution in [0.3, 0.4) is 0 Å². The van der Waals surface area contributed by atoms with Crippen LogP contribution in [0.15, 0.2) is 53.3 Å². The van der Waals surface area contributed by atoms with Crippen LogP contribution in [0.4, 0.5) is 5.95 Å². The van der Waals surface area contributed by atoms with E-state index in [4.69, 9.17) is 10.5 Å². The van der Waals surface area contributed by atoms with Gasteiger partial charge in [-0.15, -0.1) is 0 Å². The normalized spacial score (nSPS) is 10.7. The van der Waals surface area contributed by atoms with Gasteiger partial charge in [0.25, 0.3) is 5.56 Å². The van der Waals surface area contributed by atoms with Crippen molar-refractivity contribution in [1.82, 2.24) is 9.55 Å². The molecule has 1 heterocycles. The van der Waals surface area contributed by atoms with Crippen LogP contribution in [-0.4, -0.2) is 16.7 Å². The van der Waals surface area contributed by atoms with Crippen LogP contribution >= 0.6 is 0 Å². The second-order valence-corrected chi connectivity index (χ2v) is 4.73. The molecule has 0 radical (unpaired) electrons. The molecular weight excluding hydrogens is 266 g/mol. The molecule has 21 heavy (non-hydrogen) atoms. The van der Waals surface area contributed by atoms with E-state index in [1.807, 2.05) is 36.4 Å². The molecule has 0 aliphatic rings. The lowest BCUT2D eigenvalue weighted by atomic mass is 10.2. The maximum atomic E-state index is 12.5. The van der Waals surface area contributed by atoms with E-state index in [0.717, 1.165) is 11.3 Å². The van der Waals surface area contributed by atoms with Gasteiger partial charge in [-0.2, -0.15) is 0 Å². The molecule has 0 bridgehead atoms. The Labute approximate surface area is 121 Å². The minimum Gasteiger partial charge on any atom is -0.497 e. The number of nitrogens with two attached hydrogens (primary N) is 1. The summed E-state index contributed by atoms with van der Waals surface area (Å²) < 4.78 is 6.60. The second kappa shape index (κ2) is 5.28. The molecule has 0 amide bonds. The molecule has 0 spiro atoms. The minimum atomic E-state index is -0.131. The number of para-hydroxylation sites is 1. The molecule has 3 rings (SSSR count). The van der Waals surface area contributed by atoms with Gasteiger partial charge in [-0.3, -0.25) is 9.36 Å². The van der Waals surface area contributed by atoms with Gasteiger partial charge in [0.15, 0.2) is 0 Å². The van der Waals surface area contributed by atoms with E-state index in [2.05, 4.69) is 4.98 Å². The van der Waals surface area contributed by atoms with E-state index in [1.54, 1.807) is 19.2 Å². The zero-order chi connectivity index (χ0) is 14.8. The van der Waals surface area contributed by atoms with Crippen LogP contribution in [0.1, 0.15) is 5.56 Å². The van der Waals surface area contributed by atoms with Crippen molar-refractivity contribution in [3.05, 3.63) is 64.4 Å². The summed E-state index contributed by atoms with van der Waals surface area (Å²) in [5, 5.41) is 0.570. The Morgan fingerprint density at radius 3 is 2.57 bits per heavy atom. The first-order valence-electron chi connectivity index (χ1n) is 6.57. The maximum Gasteiger partial charge on any atom is 0.263 e. The lowest BCUT2D eigenvalue weighted by Crippen LogP contribution is -2.25. The molecule has 0 aliphatic carbocycles. The maximum absolute atomic E-state index is 12.5. The van der Waals surface area contributed by atoms with Gasteiger partial charge in [0, 0.05) is 0 Å². The molecule has 2 N–H and O–H groups in total. The largest absolute Gasteiger partial charge is 0.497 e. The van der Waals surface area contributed by atoms with E-state index < -0.39 is 0 Å². The van der Waals surface area contributed by atoms with Gasteiger partial charge >= 0.3 is 0 Å². The van der Waals surface area contributed by atoms with Gasteiger partial charge in [-0.25, -0.2) is 4.98 Å². The number of ether oxygens (including phenoxy) is 1. The van der Waals surface area contributed by atoms with Crippen LogP contribution < -0.4 is 16.0 Å². The third kappa shape index (κ3) is 2.45. The minimum absolute atomic E-state index is 0.131. The van der Waals surface area contributed by atoms with Gasteiger partial charge < -0.3 is 10.5 Å². The number of anilines is 1. The topological polar surface area (TPSA) is 70.1 Å². The fourth-order valence-corrected chi connectivity index (χ4v) is 2.25. The highest BCUT2D eigenvalue weighted by Crippen LogP contribution is 2.14. The Morgan fingerprint density at radius 2 is 1.86 bits per heavy atom. The van der Waals surface area contributed by atoms with Crippen molar-refractivity contribution in [2.24, 2.45) is 0 Å². The molecule has 0 saturated carbocycles. The van der Waals surface area contributed by atoms with Crippen LogP contribution in [0, 0.1) is 0 Å². The van der Waals surface area contributed by atoms with Crippen molar-refractivity contribution in [1.29, 1.82) is 0 Å². The molecule has 0 atom stereocenters. The molecular formula is C16H15N3O2. The van der Waals surface area contributed by atoms with E-state index in [-0.39, 0.29) is 11.5 Å². The predicted octanol–water partition coefficient (Wildman–Crippen LogP) is 2.04. The fraction of sp³-hybridized carbons (Fsp3) is 0.125. The predicted molar refractivity (Wildman–Crippen MR) is 82.5 cm³/mol. The summed E-state index contributed by atoms with van der Waals surface area (Å²) in [7, 11) is 1.62. The number of fused-ring (bicyclic) bond motifs is 1.